The molecule has 0 saturated heterocycles. The minimum absolute atomic E-state index is 0.00428. The van der Waals surface area contributed by atoms with Gasteiger partial charge in [-0.15, -0.1) is 0 Å². The van der Waals surface area contributed by atoms with Crippen molar-refractivity contribution in [2.45, 2.75) is 26.2 Å². The van der Waals surface area contributed by atoms with Crippen molar-refractivity contribution in [3.8, 4) is 22.7 Å². The molecule has 4 aromatic rings. The lowest BCUT2D eigenvalue weighted by molar-refractivity contribution is 0.398. The van der Waals surface area contributed by atoms with Gasteiger partial charge in [0.2, 0.25) is 5.88 Å². The highest BCUT2D eigenvalue weighted by atomic mass is 16.5. The summed E-state index contributed by atoms with van der Waals surface area (Å²) in [5, 5.41) is 1.66. The van der Waals surface area contributed by atoms with Crippen LogP contribution in [-0.2, 0) is 0 Å². The smallest absolute Gasteiger partial charge is 0.263 e. The average Bonchev–Trinajstić information content (AvgIpc) is 2.78. The van der Waals surface area contributed by atoms with Gasteiger partial charge in [-0.1, -0.05) is 50.2 Å². The standard InChI is InChI=1S/C25H24N2O2/c1-4-17(2)22-15-19-9-8-12-21(18-13-14-26-23(16-18)29-3)24(19)25(28)27(22)20-10-6-5-7-11-20/h5-17H,4H2,1-3H3. The molecular weight excluding hydrogens is 360 g/mol. The van der Waals surface area contributed by atoms with Crippen molar-refractivity contribution in [2.24, 2.45) is 0 Å². The fourth-order valence-corrected chi connectivity index (χ4v) is 3.73. The zero-order valence-electron chi connectivity index (χ0n) is 16.9. The predicted molar refractivity (Wildman–Crippen MR) is 118 cm³/mol. The molecule has 0 amide bonds. The fourth-order valence-electron chi connectivity index (χ4n) is 3.73. The molecule has 0 aliphatic rings. The molecule has 0 fully saturated rings. The Bertz CT molecular complexity index is 1210. The van der Waals surface area contributed by atoms with Gasteiger partial charge in [-0.3, -0.25) is 9.36 Å². The second kappa shape index (κ2) is 7.92. The Kier molecular flexibility index (Phi) is 5.17. The summed E-state index contributed by atoms with van der Waals surface area (Å²) in [6.07, 6.45) is 2.66. The van der Waals surface area contributed by atoms with E-state index in [0.717, 1.165) is 34.3 Å². The summed E-state index contributed by atoms with van der Waals surface area (Å²) in [4.78, 5) is 18.0. The van der Waals surface area contributed by atoms with E-state index >= 15 is 0 Å². The van der Waals surface area contributed by atoms with E-state index in [0.29, 0.717) is 11.3 Å². The fraction of sp³-hybridized carbons (Fsp3) is 0.200. The number of ether oxygens (including phenoxy) is 1. The Labute approximate surface area is 170 Å². The summed E-state index contributed by atoms with van der Waals surface area (Å²) in [7, 11) is 1.59. The Morgan fingerprint density at radius 2 is 1.83 bits per heavy atom. The molecule has 2 aromatic heterocycles. The maximum absolute atomic E-state index is 13.8. The second-order valence-electron chi connectivity index (χ2n) is 7.21. The average molecular weight is 384 g/mol. The third-order valence-electron chi connectivity index (χ3n) is 5.46. The van der Waals surface area contributed by atoms with Crippen LogP contribution in [0.3, 0.4) is 0 Å². The van der Waals surface area contributed by atoms with Crippen LogP contribution in [0.15, 0.2) is 77.7 Å². The minimum Gasteiger partial charge on any atom is -0.481 e. The normalized spacial score (nSPS) is 12.1. The first-order valence-corrected chi connectivity index (χ1v) is 9.88. The largest absolute Gasteiger partial charge is 0.481 e. The molecule has 0 N–H and O–H groups in total. The highest BCUT2D eigenvalue weighted by Gasteiger charge is 2.18. The SMILES string of the molecule is CCC(C)c1cc2cccc(-c3ccnc(OC)c3)c2c(=O)n1-c1ccccc1. The first kappa shape index (κ1) is 18.9. The zero-order chi connectivity index (χ0) is 20.4. The van der Waals surface area contributed by atoms with Gasteiger partial charge >= 0.3 is 0 Å². The number of fused-ring (bicyclic) bond motifs is 1. The Balaban J connectivity index is 2.08. The summed E-state index contributed by atoms with van der Waals surface area (Å²) in [5.74, 6) is 0.788. The van der Waals surface area contributed by atoms with Crippen molar-refractivity contribution in [3.05, 3.63) is 89.0 Å². The van der Waals surface area contributed by atoms with E-state index in [4.69, 9.17) is 4.74 Å². The second-order valence-corrected chi connectivity index (χ2v) is 7.21. The third kappa shape index (κ3) is 3.42. The Hall–Kier alpha value is -3.40. The van der Waals surface area contributed by atoms with Crippen molar-refractivity contribution in [1.29, 1.82) is 0 Å². The van der Waals surface area contributed by atoms with E-state index in [1.165, 1.54) is 0 Å². The van der Waals surface area contributed by atoms with E-state index in [2.05, 4.69) is 24.9 Å². The summed E-state index contributed by atoms with van der Waals surface area (Å²) < 4.78 is 7.14. The molecule has 0 bridgehead atoms. The van der Waals surface area contributed by atoms with E-state index in [1.807, 2.05) is 65.2 Å². The highest BCUT2D eigenvalue weighted by Crippen LogP contribution is 2.31. The number of aromatic nitrogens is 2. The molecule has 0 aliphatic heterocycles. The molecule has 1 atom stereocenters. The van der Waals surface area contributed by atoms with Crippen LogP contribution in [0.5, 0.6) is 5.88 Å². The molecule has 0 radical (unpaired) electrons. The first-order valence-electron chi connectivity index (χ1n) is 9.88. The molecule has 4 nitrogen and oxygen atoms in total. The Morgan fingerprint density at radius 1 is 1.03 bits per heavy atom. The number of methoxy groups -OCH3 is 1. The van der Waals surface area contributed by atoms with E-state index < -0.39 is 0 Å². The van der Waals surface area contributed by atoms with Crippen LogP contribution in [0.2, 0.25) is 0 Å². The van der Waals surface area contributed by atoms with Crippen molar-refractivity contribution in [3.63, 3.8) is 0 Å². The van der Waals surface area contributed by atoms with Crippen LogP contribution >= 0.6 is 0 Å². The predicted octanol–water partition coefficient (Wildman–Crippen LogP) is 5.57. The van der Waals surface area contributed by atoms with Crippen LogP contribution in [-0.4, -0.2) is 16.7 Å². The minimum atomic E-state index is -0.00428. The van der Waals surface area contributed by atoms with Gasteiger partial charge in [-0.2, -0.15) is 0 Å². The number of hydrogen-bond acceptors (Lipinski definition) is 3. The van der Waals surface area contributed by atoms with Crippen molar-refractivity contribution in [2.75, 3.05) is 7.11 Å². The maximum Gasteiger partial charge on any atom is 0.263 e. The number of pyridine rings is 2. The summed E-state index contributed by atoms with van der Waals surface area (Å²) in [6.45, 7) is 4.31. The molecule has 0 spiro atoms. The van der Waals surface area contributed by atoms with Crippen LogP contribution in [0.4, 0.5) is 0 Å². The summed E-state index contributed by atoms with van der Waals surface area (Å²) >= 11 is 0. The molecule has 146 valence electrons. The van der Waals surface area contributed by atoms with Gasteiger partial charge in [0, 0.05) is 23.6 Å². The topological polar surface area (TPSA) is 44.1 Å². The van der Waals surface area contributed by atoms with Gasteiger partial charge in [0.1, 0.15) is 0 Å². The maximum atomic E-state index is 13.8. The van der Waals surface area contributed by atoms with E-state index in [1.54, 1.807) is 13.3 Å². The first-order chi connectivity index (χ1) is 14.1. The van der Waals surface area contributed by atoms with E-state index in [-0.39, 0.29) is 11.5 Å². The van der Waals surface area contributed by atoms with Crippen molar-refractivity contribution in [1.82, 2.24) is 9.55 Å². The van der Waals surface area contributed by atoms with Crippen LogP contribution in [0.25, 0.3) is 27.6 Å². The molecule has 2 aromatic carbocycles. The van der Waals surface area contributed by atoms with Gasteiger partial charge in [0.25, 0.3) is 5.56 Å². The van der Waals surface area contributed by atoms with Gasteiger partial charge < -0.3 is 4.74 Å². The molecule has 2 heterocycles. The monoisotopic (exact) mass is 384 g/mol. The number of rotatable bonds is 5. The van der Waals surface area contributed by atoms with Gasteiger partial charge in [0.05, 0.1) is 12.5 Å². The van der Waals surface area contributed by atoms with Gasteiger partial charge in [-0.05, 0) is 53.1 Å². The zero-order valence-corrected chi connectivity index (χ0v) is 16.9. The highest BCUT2D eigenvalue weighted by molar-refractivity contribution is 5.96. The quantitative estimate of drug-likeness (QED) is 0.451. The number of hydrogen-bond donors (Lipinski definition) is 0. The molecule has 0 aliphatic carbocycles. The summed E-state index contributed by atoms with van der Waals surface area (Å²) in [5.41, 5.74) is 3.71. The number of nitrogens with zero attached hydrogens (tertiary/aromatic N) is 2. The number of benzene rings is 2. The molecule has 29 heavy (non-hydrogen) atoms. The molecular formula is C25H24N2O2. The van der Waals surface area contributed by atoms with E-state index in [9.17, 15) is 4.79 Å². The van der Waals surface area contributed by atoms with Crippen LogP contribution < -0.4 is 10.3 Å². The lowest BCUT2D eigenvalue weighted by Gasteiger charge is -2.20. The van der Waals surface area contributed by atoms with Crippen LogP contribution in [0.1, 0.15) is 31.9 Å². The molecule has 1 unspecified atom stereocenters. The lowest BCUT2D eigenvalue weighted by Crippen LogP contribution is -2.23. The lowest BCUT2D eigenvalue weighted by atomic mass is 9.96. The number of para-hydroxylation sites is 1. The molecule has 0 saturated carbocycles. The summed E-state index contributed by atoms with van der Waals surface area (Å²) in [6, 6.07) is 21.8. The van der Waals surface area contributed by atoms with Crippen LogP contribution in [0, 0.1) is 0 Å². The van der Waals surface area contributed by atoms with Crippen molar-refractivity contribution < 1.29 is 4.74 Å². The van der Waals surface area contributed by atoms with Gasteiger partial charge in [0.15, 0.2) is 0 Å². The van der Waals surface area contributed by atoms with Gasteiger partial charge in [-0.25, -0.2) is 4.98 Å². The van der Waals surface area contributed by atoms with Crippen molar-refractivity contribution >= 4 is 10.8 Å². The molecule has 4 heteroatoms. The third-order valence-corrected chi connectivity index (χ3v) is 5.46. The molecule has 4 rings (SSSR count). The Morgan fingerprint density at radius 3 is 2.55 bits per heavy atom.